The van der Waals surface area contributed by atoms with Gasteiger partial charge in [-0.1, -0.05) is 18.2 Å². The average Bonchev–Trinajstić information content (AvgIpc) is 2.26. The highest BCUT2D eigenvalue weighted by atomic mass is 16.5. The van der Waals surface area contributed by atoms with Crippen LogP contribution in [-0.4, -0.2) is 30.4 Å². The van der Waals surface area contributed by atoms with E-state index < -0.39 is 12.1 Å². The molecule has 0 aromatic heterocycles. The van der Waals surface area contributed by atoms with Crippen LogP contribution in [0.25, 0.3) is 0 Å². The van der Waals surface area contributed by atoms with Gasteiger partial charge in [-0.3, -0.25) is 0 Å². The zero-order valence-corrected chi connectivity index (χ0v) is 10.3. The number of carboxylic acids is 1. The van der Waals surface area contributed by atoms with Gasteiger partial charge in [0.05, 0.1) is 6.10 Å². The Morgan fingerprint density at radius 3 is 2.53 bits per heavy atom. The maximum Gasteiger partial charge on any atom is 0.333 e. The monoisotopic (exact) mass is 238 g/mol. The van der Waals surface area contributed by atoms with Crippen LogP contribution >= 0.6 is 0 Å². The lowest BCUT2D eigenvalue weighted by molar-refractivity contribution is -0.148. The molecule has 0 bridgehead atoms. The van der Waals surface area contributed by atoms with Gasteiger partial charge < -0.3 is 14.6 Å². The molecule has 1 atom stereocenters. The first-order chi connectivity index (χ1) is 8.04. The van der Waals surface area contributed by atoms with E-state index in [1.54, 1.807) is 0 Å². The van der Waals surface area contributed by atoms with Crippen molar-refractivity contribution < 1.29 is 19.4 Å². The third-order valence-electron chi connectivity index (χ3n) is 2.30. The van der Waals surface area contributed by atoms with E-state index in [1.807, 2.05) is 38.1 Å². The number of aliphatic carboxylic acids is 1. The molecule has 0 saturated carbocycles. The predicted molar refractivity (Wildman–Crippen MR) is 64.3 cm³/mol. The Labute approximate surface area is 101 Å². The van der Waals surface area contributed by atoms with Gasteiger partial charge in [0.15, 0.2) is 6.10 Å². The lowest BCUT2D eigenvalue weighted by Crippen LogP contribution is -2.25. The summed E-state index contributed by atoms with van der Waals surface area (Å²) < 4.78 is 10.5. The van der Waals surface area contributed by atoms with Crippen molar-refractivity contribution in [3.8, 4) is 5.75 Å². The molecule has 1 rings (SSSR count). The predicted octanol–water partition coefficient (Wildman–Crippen LogP) is 2.12. The standard InChI is InChI=1S/C13H18O4/c1-9(2)17-11-7-5-4-6-10(11)8-12(16-3)13(14)15/h4-7,9,12H,8H2,1-3H3,(H,14,15). The van der Waals surface area contributed by atoms with Gasteiger partial charge in [-0.05, 0) is 25.5 Å². The second-order valence-electron chi connectivity index (χ2n) is 4.04. The van der Waals surface area contributed by atoms with Crippen LogP contribution in [0, 0.1) is 0 Å². The molecule has 0 radical (unpaired) electrons. The molecule has 0 heterocycles. The topological polar surface area (TPSA) is 55.8 Å². The van der Waals surface area contributed by atoms with Gasteiger partial charge in [0, 0.05) is 13.5 Å². The summed E-state index contributed by atoms with van der Waals surface area (Å²) in [6.45, 7) is 3.86. The molecule has 0 aliphatic rings. The summed E-state index contributed by atoms with van der Waals surface area (Å²) in [5.41, 5.74) is 0.843. The zero-order valence-electron chi connectivity index (χ0n) is 10.3. The van der Waals surface area contributed by atoms with Gasteiger partial charge in [-0.15, -0.1) is 0 Å². The molecule has 1 unspecified atom stereocenters. The van der Waals surface area contributed by atoms with Crippen LogP contribution in [0.4, 0.5) is 0 Å². The first-order valence-corrected chi connectivity index (χ1v) is 5.54. The van der Waals surface area contributed by atoms with Gasteiger partial charge in [0.25, 0.3) is 0 Å². The summed E-state index contributed by atoms with van der Waals surface area (Å²) in [7, 11) is 1.39. The molecule has 17 heavy (non-hydrogen) atoms. The number of hydrogen-bond acceptors (Lipinski definition) is 3. The van der Waals surface area contributed by atoms with Crippen LogP contribution in [0.5, 0.6) is 5.75 Å². The number of methoxy groups -OCH3 is 1. The van der Waals surface area contributed by atoms with E-state index in [1.165, 1.54) is 7.11 Å². The number of carbonyl (C=O) groups is 1. The lowest BCUT2D eigenvalue weighted by atomic mass is 10.1. The summed E-state index contributed by atoms with van der Waals surface area (Å²) in [6.07, 6.45) is -0.483. The van der Waals surface area contributed by atoms with Crippen LogP contribution in [0.1, 0.15) is 19.4 Å². The molecule has 4 nitrogen and oxygen atoms in total. The van der Waals surface area contributed by atoms with Crippen molar-refractivity contribution in [2.24, 2.45) is 0 Å². The van der Waals surface area contributed by atoms with Crippen molar-refractivity contribution in [2.45, 2.75) is 32.5 Å². The fraction of sp³-hybridized carbons (Fsp3) is 0.462. The Morgan fingerprint density at radius 2 is 2.00 bits per heavy atom. The van der Waals surface area contributed by atoms with Crippen LogP contribution in [0.15, 0.2) is 24.3 Å². The first kappa shape index (κ1) is 13.5. The van der Waals surface area contributed by atoms with Gasteiger partial charge in [-0.25, -0.2) is 4.79 Å². The van der Waals surface area contributed by atoms with Crippen molar-refractivity contribution in [1.82, 2.24) is 0 Å². The normalized spacial score (nSPS) is 12.5. The van der Waals surface area contributed by atoms with Crippen molar-refractivity contribution in [3.63, 3.8) is 0 Å². The number of carboxylic acid groups (broad SMARTS) is 1. The molecule has 0 fully saturated rings. The number of rotatable bonds is 6. The summed E-state index contributed by atoms with van der Waals surface area (Å²) in [4.78, 5) is 10.9. The highest BCUT2D eigenvalue weighted by Gasteiger charge is 2.19. The fourth-order valence-corrected chi connectivity index (χ4v) is 1.51. The smallest absolute Gasteiger partial charge is 0.333 e. The quantitative estimate of drug-likeness (QED) is 0.824. The van der Waals surface area contributed by atoms with E-state index in [4.69, 9.17) is 14.6 Å². The maximum absolute atomic E-state index is 10.9. The molecule has 0 aliphatic carbocycles. The highest BCUT2D eigenvalue weighted by molar-refractivity contribution is 5.72. The van der Waals surface area contributed by atoms with Gasteiger partial charge in [0.2, 0.25) is 0 Å². The Morgan fingerprint density at radius 1 is 1.35 bits per heavy atom. The highest BCUT2D eigenvalue weighted by Crippen LogP contribution is 2.21. The second-order valence-corrected chi connectivity index (χ2v) is 4.04. The SMILES string of the molecule is COC(Cc1ccccc1OC(C)C)C(=O)O. The summed E-state index contributed by atoms with van der Waals surface area (Å²) in [5.74, 6) is -0.252. The van der Waals surface area contributed by atoms with Crippen LogP contribution in [0.2, 0.25) is 0 Å². The largest absolute Gasteiger partial charge is 0.491 e. The molecular formula is C13H18O4. The molecular weight excluding hydrogens is 220 g/mol. The number of ether oxygens (including phenoxy) is 2. The first-order valence-electron chi connectivity index (χ1n) is 5.54. The summed E-state index contributed by atoms with van der Waals surface area (Å²) in [6, 6.07) is 7.41. The van der Waals surface area contributed by atoms with Gasteiger partial charge >= 0.3 is 5.97 Å². The van der Waals surface area contributed by atoms with E-state index in [0.717, 1.165) is 5.56 Å². The Bertz CT molecular complexity index is 373. The number of benzene rings is 1. The molecule has 0 aliphatic heterocycles. The van der Waals surface area contributed by atoms with Crippen molar-refractivity contribution in [3.05, 3.63) is 29.8 Å². The van der Waals surface area contributed by atoms with Crippen molar-refractivity contribution in [1.29, 1.82) is 0 Å². The lowest BCUT2D eigenvalue weighted by Gasteiger charge is -2.16. The molecule has 4 heteroatoms. The number of para-hydroxylation sites is 1. The van der Waals surface area contributed by atoms with Gasteiger partial charge in [0.1, 0.15) is 5.75 Å². The van der Waals surface area contributed by atoms with Crippen LogP contribution in [-0.2, 0) is 16.0 Å². The maximum atomic E-state index is 10.9. The van der Waals surface area contributed by atoms with Crippen LogP contribution in [0.3, 0.4) is 0 Å². The molecule has 0 saturated heterocycles. The molecule has 1 N–H and O–H groups in total. The minimum absolute atomic E-state index is 0.0574. The van der Waals surface area contributed by atoms with E-state index in [0.29, 0.717) is 12.2 Å². The Hall–Kier alpha value is -1.55. The Kier molecular flexibility index (Phi) is 4.97. The molecule has 1 aromatic rings. The van der Waals surface area contributed by atoms with Crippen molar-refractivity contribution in [2.75, 3.05) is 7.11 Å². The van der Waals surface area contributed by atoms with Crippen molar-refractivity contribution >= 4 is 5.97 Å². The third kappa shape index (κ3) is 4.07. The van der Waals surface area contributed by atoms with Gasteiger partial charge in [-0.2, -0.15) is 0 Å². The summed E-state index contributed by atoms with van der Waals surface area (Å²) in [5, 5.41) is 8.94. The number of hydrogen-bond donors (Lipinski definition) is 1. The van der Waals surface area contributed by atoms with E-state index in [2.05, 4.69) is 0 Å². The van der Waals surface area contributed by atoms with E-state index in [-0.39, 0.29) is 6.10 Å². The minimum atomic E-state index is -0.966. The zero-order chi connectivity index (χ0) is 12.8. The average molecular weight is 238 g/mol. The molecule has 94 valence electrons. The molecule has 0 spiro atoms. The second kappa shape index (κ2) is 6.25. The van der Waals surface area contributed by atoms with E-state index in [9.17, 15) is 4.79 Å². The minimum Gasteiger partial charge on any atom is -0.491 e. The third-order valence-corrected chi connectivity index (χ3v) is 2.30. The molecule has 1 aromatic carbocycles. The Balaban J connectivity index is 2.85. The fourth-order valence-electron chi connectivity index (χ4n) is 1.51. The van der Waals surface area contributed by atoms with E-state index >= 15 is 0 Å². The van der Waals surface area contributed by atoms with Crippen LogP contribution < -0.4 is 4.74 Å². The molecule has 0 amide bonds. The summed E-state index contributed by atoms with van der Waals surface area (Å²) >= 11 is 0.